The second kappa shape index (κ2) is 16.2. The normalized spacial score (nSPS) is 15.3. The van der Waals surface area contributed by atoms with Gasteiger partial charge in [-0.05, 0) is 30.4 Å². The van der Waals surface area contributed by atoms with E-state index in [1.165, 1.54) is 19.1 Å². The summed E-state index contributed by atoms with van der Waals surface area (Å²) in [5.74, 6) is -3.03. The Morgan fingerprint density at radius 3 is 2.00 bits per heavy atom. The highest BCUT2D eigenvalue weighted by atomic mass is 16.6. The third-order valence-electron chi connectivity index (χ3n) is 7.10. The first kappa shape index (κ1) is 34.0. The Morgan fingerprint density at radius 2 is 1.56 bits per heavy atom. The number of benzene rings is 1. The molecule has 1 aromatic carbocycles. The molecule has 10 heteroatoms. The number of nitrogens with one attached hydrogen (secondary N) is 1. The zero-order chi connectivity index (χ0) is 29.9. The van der Waals surface area contributed by atoms with Gasteiger partial charge in [0.2, 0.25) is 5.91 Å². The second-order valence-corrected chi connectivity index (χ2v) is 10.6. The van der Waals surface area contributed by atoms with Gasteiger partial charge < -0.3 is 19.9 Å². The Labute approximate surface area is 233 Å². The van der Waals surface area contributed by atoms with Crippen molar-refractivity contribution >= 4 is 23.9 Å². The fraction of sp³-hybridized carbons (Fsp3) is 0.655. The van der Waals surface area contributed by atoms with Crippen molar-refractivity contribution < 1.29 is 33.8 Å². The van der Waals surface area contributed by atoms with Gasteiger partial charge >= 0.3 is 12.1 Å². The van der Waals surface area contributed by atoms with E-state index >= 15 is 0 Å². The first-order chi connectivity index (χ1) is 18.3. The quantitative estimate of drug-likeness (QED) is 0.339. The number of carboxylic acid groups (broad SMARTS) is 1. The molecule has 0 bridgehead atoms. The summed E-state index contributed by atoms with van der Waals surface area (Å²) in [6, 6.07) is 6.54. The zero-order valence-corrected chi connectivity index (χ0v) is 24.8. The molecule has 0 radical (unpaired) electrons. The van der Waals surface area contributed by atoms with Crippen molar-refractivity contribution in [3.63, 3.8) is 0 Å². The molecule has 0 unspecified atom stereocenters. The number of nitrogens with zero attached hydrogens (tertiary/aromatic N) is 2. The van der Waals surface area contributed by atoms with Gasteiger partial charge in [0, 0.05) is 14.2 Å². The molecular formula is C29H47N3O7. The van der Waals surface area contributed by atoms with Crippen molar-refractivity contribution in [2.45, 2.75) is 85.2 Å². The minimum atomic E-state index is -1.11. The van der Waals surface area contributed by atoms with Gasteiger partial charge in [-0.15, -0.1) is 0 Å². The Morgan fingerprint density at radius 1 is 0.974 bits per heavy atom. The summed E-state index contributed by atoms with van der Waals surface area (Å²) in [6.07, 6.45) is -1.48. The number of carbonyl (C=O) groups is 4. The fourth-order valence-corrected chi connectivity index (χ4v) is 4.81. The topological polar surface area (TPSA) is 125 Å². The van der Waals surface area contributed by atoms with Crippen molar-refractivity contribution in [2.75, 3.05) is 21.2 Å². The van der Waals surface area contributed by atoms with E-state index in [0.29, 0.717) is 6.42 Å². The monoisotopic (exact) mass is 549 g/mol. The highest BCUT2D eigenvalue weighted by Gasteiger charge is 2.46. The van der Waals surface area contributed by atoms with E-state index in [4.69, 9.17) is 9.47 Å². The van der Waals surface area contributed by atoms with Crippen LogP contribution >= 0.6 is 0 Å². The van der Waals surface area contributed by atoms with E-state index in [1.54, 1.807) is 20.9 Å². The van der Waals surface area contributed by atoms with Crippen molar-refractivity contribution in [1.29, 1.82) is 0 Å². The molecule has 0 saturated carbocycles. The molecule has 10 nitrogen and oxygen atoms in total. The lowest BCUT2D eigenvalue weighted by Gasteiger charge is -2.43. The van der Waals surface area contributed by atoms with Gasteiger partial charge in [-0.2, -0.15) is 0 Å². The second-order valence-electron chi connectivity index (χ2n) is 10.6. The van der Waals surface area contributed by atoms with Gasteiger partial charge in [0.15, 0.2) is 0 Å². The first-order valence-electron chi connectivity index (χ1n) is 13.5. The smallest absolute Gasteiger partial charge is 0.410 e. The maximum absolute atomic E-state index is 14.4. The van der Waals surface area contributed by atoms with E-state index in [2.05, 4.69) is 5.32 Å². The molecule has 1 rings (SSSR count). The minimum absolute atomic E-state index is 0.0285. The van der Waals surface area contributed by atoms with Crippen LogP contribution in [0.15, 0.2) is 30.3 Å². The lowest BCUT2D eigenvalue weighted by Crippen LogP contribution is -2.64. The fourth-order valence-electron chi connectivity index (χ4n) is 4.81. The predicted molar refractivity (Wildman–Crippen MR) is 149 cm³/mol. The molecule has 220 valence electrons. The highest BCUT2D eigenvalue weighted by Crippen LogP contribution is 2.27. The molecule has 0 aromatic heterocycles. The summed E-state index contributed by atoms with van der Waals surface area (Å²) in [5.41, 5.74) is 0.797. The Kier molecular flexibility index (Phi) is 14.1. The lowest BCUT2D eigenvalue weighted by molar-refractivity contribution is -0.162. The van der Waals surface area contributed by atoms with Crippen LogP contribution in [0.25, 0.3) is 0 Å². The third-order valence-corrected chi connectivity index (χ3v) is 7.10. The molecule has 1 aromatic rings. The van der Waals surface area contributed by atoms with E-state index in [0.717, 1.165) is 10.5 Å². The molecule has 0 aliphatic carbocycles. The molecule has 3 amide bonds. The van der Waals surface area contributed by atoms with E-state index in [1.807, 2.05) is 58.0 Å². The molecule has 0 saturated heterocycles. The van der Waals surface area contributed by atoms with Crippen LogP contribution in [0, 0.1) is 17.8 Å². The number of aliphatic carboxylic acids is 1. The summed E-state index contributed by atoms with van der Waals surface area (Å²) < 4.78 is 11.1. The van der Waals surface area contributed by atoms with Crippen LogP contribution < -0.4 is 5.32 Å². The van der Waals surface area contributed by atoms with Crippen molar-refractivity contribution in [3.05, 3.63) is 35.9 Å². The Balaban J connectivity index is 3.57. The van der Waals surface area contributed by atoms with Gasteiger partial charge in [-0.1, -0.05) is 78.3 Å². The molecule has 0 spiro atoms. The molecule has 0 aliphatic rings. The summed E-state index contributed by atoms with van der Waals surface area (Å²) in [6.45, 7) is 11.1. The van der Waals surface area contributed by atoms with E-state index in [9.17, 15) is 24.3 Å². The van der Waals surface area contributed by atoms with Crippen LogP contribution in [-0.4, -0.2) is 84.2 Å². The predicted octanol–water partition coefficient (Wildman–Crippen LogP) is 3.78. The van der Waals surface area contributed by atoms with Gasteiger partial charge in [-0.3, -0.25) is 24.2 Å². The van der Waals surface area contributed by atoms with Gasteiger partial charge in [0.05, 0.1) is 24.6 Å². The average Bonchev–Trinajstić information content (AvgIpc) is 2.88. The zero-order valence-electron chi connectivity index (χ0n) is 24.8. The van der Waals surface area contributed by atoms with Crippen LogP contribution in [0.1, 0.15) is 59.9 Å². The van der Waals surface area contributed by atoms with Gasteiger partial charge in [-0.25, -0.2) is 4.79 Å². The summed E-state index contributed by atoms with van der Waals surface area (Å²) >= 11 is 0. The number of amides is 3. The maximum Gasteiger partial charge on any atom is 0.410 e. The summed E-state index contributed by atoms with van der Waals surface area (Å²) in [7, 11) is 4.49. The molecule has 5 atom stereocenters. The molecule has 2 N–H and O–H groups in total. The molecule has 0 fully saturated rings. The number of hydrogen-bond acceptors (Lipinski definition) is 7. The van der Waals surface area contributed by atoms with Crippen LogP contribution in [0.3, 0.4) is 0 Å². The maximum atomic E-state index is 14.4. The highest BCUT2D eigenvalue weighted by molar-refractivity contribution is 6.01. The number of methoxy groups -OCH3 is 1. The van der Waals surface area contributed by atoms with E-state index in [-0.39, 0.29) is 24.4 Å². The average molecular weight is 550 g/mol. The van der Waals surface area contributed by atoms with Crippen LogP contribution in [0.5, 0.6) is 0 Å². The van der Waals surface area contributed by atoms with Crippen LogP contribution in [0.2, 0.25) is 0 Å². The number of likely N-dealkylation sites (N-methyl/N-ethyl adjacent to an activating group) is 2. The lowest BCUT2D eigenvalue weighted by atomic mass is 9.88. The standard InChI is InChI=1S/C29H47N3O7/c1-10-20(6)26(22(38-9)16-23(33)34)32(27(35)24(30-7)18(2)3)28(36)25(19(4)5)31(8)29(37)39-17-21-14-12-11-13-15-21/h11-15,18-20,22,24-26,30H,10,16-17H2,1-9H3,(H,33,34)/t20-,22+,24-,25-,26-/m0/s1. The number of ether oxygens (including phenoxy) is 2. The number of hydrogen-bond donors (Lipinski definition) is 2. The molecule has 0 aliphatic heterocycles. The summed E-state index contributed by atoms with van der Waals surface area (Å²) in [5, 5.41) is 12.6. The molecule has 39 heavy (non-hydrogen) atoms. The van der Waals surface area contributed by atoms with Crippen LogP contribution in [0.4, 0.5) is 4.79 Å². The largest absolute Gasteiger partial charge is 0.481 e. The minimum Gasteiger partial charge on any atom is -0.481 e. The third kappa shape index (κ3) is 9.32. The molecular weight excluding hydrogens is 502 g/mol. The van der Waals surface area contributed by atoms with Gasteiger partial charge in [0.1, 0.15) is 12.6 Å². The van der Waals surface area contributed by atoms with Crippen molar-refractivity contribution in [1.82, 2.24) is 15.1 Å². The summed E-state index contributed by atoms with van der Waals surface area (Å²) in [4.78, 5) is 55.6. The van der Waals surface area contributed by atoms with E-state index < -0.39 is 54.5 Å². The first-order valence-corrected chi connectivity index (χ1v) is 13.5. The Bertz CT molecular complexity index is 938. The number of imide groups is 1. The SMILES string of the molecule is CC[C@H](C)[C@@H]([C@@H](CC(=O)O)OC)N(C(=O)[C@@H](NC)C(C)C)C(=O)[C@H](C(C)C)N(C)C(=O)OCc1ccccc1. The number of carbonyl (C=O) groups excluding carboxylic acids is 3. The van der Waals surface area contributed by atoms with Crippen molar-refractivity contribution in [3.8, 4) is 0 Å². The number of rotatable bonds is 15. The molecule has 0 heterocycles. The van der Waals surface area contributed by atoms with Gasteiger partial charge in [0.25, 0.3) is 5.91 Å². The van der Waals surface area contributed by atoms with Crippen LogP contribution in [-0.2, 0) is 30.5 Å². The number of carboxylic acids is 1. The Hall–Kier alpha value is -2.98. The van der Waals surface area contributed by atoms with Crippen molar-refractivity contribution in [2.24, 2.45) is 17.8 Å².